The number of aryl methyl sites for hydroxylation is 3. The SMILES string of the molecule is Cc1ncsc1-c1ccc(CNC(O)N[C@@H]2C[C@@H](O)CN2C(=O)[C@@H](NC(=O)c2ccc3c(c2)N=Nc2ccc(NC(=O)OC(C)(C)C)cc2CC3)C(C)(C)C)cc1. The van der Waals surface area contributed by atoms with E-state index in [1.165, 1.54) is 4.90 Å². The molecule has 0 spiro atoms. The first-order valence-electron chi connectivity index (χ1n) is 19.1. The van der Waals surface area contributed by atoms with Gasteiger partial charge in [0, 0.05) is 30.8 Å². The van der Waals surface area contributed by atoms with Gasteiger partial charge in [0.1, 0.15) is 11.6 Å². The van der Waals surface area contributed by atoms with Crippen LogP contribution in [0.3, 0.4) is 0 Å². The number of anilines is 1. The highest BCUT2D eigenvalue weighted by Gasteiger charge is 2.42. The standard InChI is InChI=1S/C42H52N8O6S/c1-24-35(57-23-44-24)27-10-8-25(9-11-27)21-43-39(54)46-34-20-31(51)22-50(34)38(53)36(41(2,3)4)47-37(52)29-15-13-26-12-14-28-18-30(45-40(55)56-42(5,6)7)16-17-32(28)48-49-33(26)19-29/h8-11,13,15-19,23,31,34,36,39,43,46,51,54H,12,14,20-22H2,1-7H3,(H,45,55)(H,47,52)/t31-,34+,36-,39?/m1/s1. The average Bonchev–Trinajstić information content (AvgIpc) is 3.73. The summed E-state index contributed by atoms with van der Waals surface area (Å²) in [6.45, 7) is 13.4. The molecule has 3 aromatic carbocycles. The maximum Gasteiger partial charge on any atom is 0.412 e. The summed E-state index contributed by atoms with van der Waals surface area (Å²) in [4.78, 5) is 47.2. The number of aliphatic hydroxyl groups excluding tert-OH is 2. The van der Waals surface area contributed by atoms with Crippen molar-refractivity contribution in [1.29, 1.82) is 0 Å². The lowest BCUT2D eigenvalue weighted by Crippen LogP contribution is -2.59. The minimum atomic E-state index is -1.18. The van der Waals surface area contributed by atoms with Gasteiger partial charge < -0.3 is 25.2 Å². The second kappa shape index (κ2) is 17.2. The maximum absolute atomic E-state index is 14.2. The number of thiazole rings is 1. The molecule has 3 amide bonds. The molecule has 3 heterocycles. The summed E-state index contributed by atoms with van der Waals surface area (Å²) in [5.41, 5.74) is 7.42. The number of β-amino-alcohol motifs (C(OH)–C–C–N with tert-alkyl or cyclic N) is 1. The molecule has 1 aromatic heterocycles. The molecule has 1 fully saturated rings. The number of benzene rings is 3. The molecule has 14 nitrogen and oxygen atoms in total. The van der Waals surface area contributed by atoms with Crippen molar-refractivity contribution in [3.05, 3.63) is 94.1 Å². The van der Waals surface area contributed by atoms with E-state index in [1.54, 1.807) is 56.4 Å². The van der Waals surface area contributed by atoms with Gasteiger partial charge in [0.05, 0.1) is 39.7 Å². The van der Waals surface area contributed by atoms with Crippen molar-refractivity contribution in [2.75, 3.05) is 11.9 Å². The van der Waals surface area contributed by atoms with Gasteiger partial charge in [0.2, 0.25) is 5.91 Å². The Kier molecular flexibility index (Phi) is 12.5. The largest absolute Gasteiger partial charge is 0.444 e. The molecule has 2 aliphatic heterocycles. The van der Waals surface area contributed by atoms with Crippen LogP contribution in [0, 0.1) is 12.3 Å². The number of nitrogens with one attached hydrogen (secondary N) is 4. The smallest absolute Gasteiger partial charge is 0.412 e. The highest BCUT2D eigenvalue weighted by molar-refractivity contribution is 7.13. The summed E-state index contributed by atoms with van der Waals surface area (Å²) in [6, 6.07) is 17.6. The third-order valence-electron chi connectivity index (χ3n) is 9.76. The van der Waals surface area contributed by atoms with Crippen molar-refractivity contribution in [2.45, 2.75) is 105 Å². The van der Waals surface area contributed by atoms with E-state index >= 15 is 0 Å². The number of hydrogen-bond donors (Lipinski definition) is 6. The Bertz CT molecular complexity index is 2120. The zero-order chi connectivity index (χ0) is 41.1. The number of nitrogens with zero attached hydrogens (tertiary/aromatic N) is 4. The molecule has 0 aliphatic carbocycles. The Morgan fingerprint density at radius 2 is 1.67 bits per heavy atom. The molecule has 4 aromatic rings. The number of azo groups is 1. The zero-order valence-electron chi connectivity index (χ0n) is 33.4. The van der Waals surface area contributed by atoms with Crippen molar-refractivity contribution in [3.63, 3.8) is 0 Å². The molecular weight excluding hydrogens is 745 g/mol. The lowest BCUT2D eigenvalue weighted by Gasteiger charge is -2.36. The van der Waals surface area contributed by atoms with Gasteiger partial charge in [-0.25, -0.2) is 9.78 Å². The summed E-state index contributed by atoms with van der Waals surface area (Å²) >= 11 is 1.59. The average molecular weight is 797 g/mol. The molecule has 6 rings (SSSR count). The van der Waals surface area contributed by atoms with Crippen molar-refractivity contribution in [1.82, 2.24) is 25.8 Å². The number of likely N-dealkylation sites (tertiary alicyclic amines) is 1. The van der Waals surface area contributed by atoms with Crippen LogP contribution in [0.5, 0.6) is 0 Å². The second-order valence-corrected chi connectivity index (χ2v) is 17.5. The molecule has 15 heteroatoms. The Morgan fingerprint density at radius 1 is 0.947 bits per heavy atom. The summed E-state index contributed by atoms with van der Waals surface area (Å²) < 4.78 is 5.37. The quantitative estimate of drug-likeness (QED) is 0.0949. The fourth-order valence-corrected chi connectivity index (χ4v) is 7.63. The molecule has 0 saturated carbocycles. The fraction of sp³-hybridized carbons (Fsp3) is 0.429. The van der Waals surface area contributed by atoms with Crippen LogP contribution in [0.25, 0.3) is 10.4 Å². The number of hydrogen-bond acceptors (Lipinski definition) is 12. The van der Waals surface area contributed by atoms with Crippen molar-refractivity contribution in [3.8, 4) is 10.4 Å². The third-order valence-corrected chi connectivity index (χ3v) is 10.7. The van der Waals surface area contributed by atoms with E-state index in [4.69, 9.17) is 4.74 Å². The third kappa shape index (κ3) is 10.7. The van der Waals surface area contributed by atoms with Crippen molar-refractivity contribution < 1.29 is 29.3 Å². The molecular formula is C42H52N8O6S. The monoisotopic (exact) mass is 796 g/mol. The van der Waals surface area contributed by atoms with Crippen LogP contribution >= 0.6 is 11.3 Å². The lowest BCUT2D eigenvalue weighted by atomic mass is 9.85. The Balaban J connectivity index is 1.09. The van der Waals surface area contributed by atoms with E-state index in [1.807, 2.05) is 69.6 Å². The highest BCUT2D eigenvalue weighted by atomic mass is 32.1. The van der Waals surface area contributed by atoms with E-state index in [0.717, 1.165) is 32.8 Å². The van der Waals surface area contributed by atoms with Gasteiger partial charge in [0.15, 0.2) is 6.35 Å². The molecule has 302 valence electrons. The number of rotatable bonds is 10. The lowest BCUT2D eigenvalue weighted by molar-refractivity contribution is -0.138. The predicted octanol–water partition coefficient (Wildman–Crippen LogP) is 6.70. The van der Waals surface area contributed by atoms with Gasteiger partial charge in [-0.2, -0.15) is 10.2 Å². The number of fused-ring (bicyclic) bond motifs is 2. The van der Waals surface area contributed by atoms with Gasteiger partial charge in [-0.05, 0) is 98.5 Å². The minimum absolute atomic E-state index is 0.0450. The van der Waals surface area contributed by atoms with Crippen LogP contribution in [-0.2, 0) is 28.9 Å². The first-order chi connectivity index (χ1) is 26.9. The van der Waals surface area contributed by atoms with Gasteiger partial charge >= 0.3 is 6.09 Å². The topological polar surface area (TPSA) is 190 Å². The normalized spacial score (nSPS) is 17.8. The number of ether oxygens (including phenoxy) is 1. The van der Waals surface area contributed by atoms with Gasteiger partial charge in [-0.15, -0.1) is 11.3 Å². The van der Waals surface area contributed by atoms with E-state index in [2.05, 4.69) is 36.5 Å². The minimum Gasteiger partial charge on any atom is -0.444 e. The Morgan fingerprint density at radius 3 is 2.35 bits per heavy atom. The number of aromatic nitrogens is 1. The van der Waals surface area contributed by atoms with Crippen molar-refractivity contribution >= 4 is 46.3 Å². The van der Waals surface area contributed by atoms with Crippen molar-refractivity contribution in [2.24, 2.45) is 15.6 Å². The van der Waals surface area contributed by atoms with Crippen LogP contribution in [0.2, 0.25) is 0 Å². The van der Waals surface area contributed by atoms with Gasteiger partial charge in [0.25, 0.3) is 5.91 Å². The highest BCUT2D eigenvalue weighted by Crippen LogP contribution is 2.33. The molecule has 4 atom stereocenters. The maximum atomic E-state index is 14.2. The van der Waals surface area contributed by atoms with Crippen LogP contribution in [0.4, 0.5) is 21.9 Å². The summed E-state index contributed by atoms with van der Waals surface area (Å²) in [7, 11) is 0. The van der Waals surface area contributed by atoms with Crippen LogP contribution < -0.4 is 21.3 Å². The van der Waals surface area contributed by atoms with E-state index in [9.17, 15) is 24.6 Å². The summed E-state index contributed by atoms with van der Waals surface area (Å²) in [5, 5.41) is 42.3. The van der Waals surface area contributed by atoms with Crippen LogP contribution in [0.1, 0.15) is 80.7 Å². The number of aliphatic hydroxyl groups is 2. The van der Waals surface area contributed by atoms with E-state index in [0.29, 0.717) is 42.0 Å². The fourth-order valence-electron chi connectivity index (χ4n) is 6.82. The molecule has 57 heavy (non-hydrogen) atoms. The molecule has 2 aliphatic rings. The van der Waals surface area contributed by atoms with E-state index in [-0.39, 0.29) is 18.9 Å². The number of carbonyl (C=O) groups excluding carboxylic acids is 3. The molecule has 0 radical (unpaired) electrons. The summed E-state index contributed by atoms with van der Waals surface area (Å²) in [6.07, 6.45) is -1.76. The van der Waals surface area contributed by atoms with Crippen LogP contribution in [0.15, 0.2) is 76.4 Å². The first kappa shape index (κ1) is 41.6. The van der Waals surface area contributed by atoms with Crippen LogP contribution in [-0.4, -0.2) is 74.8 Å². The molecule has 0 bridgehead atoms. The predicted molar refractivity (Wildman–Crippen MR) is 219 cm³/mol. The Labute approximate surface area is 337 Å². The zero-order valence-corrected chi connectivity index (χ0v) is 34.2. The van der Waals surface area contributed by atoms with E-state index < -0.39 is 47.7 Å². The molecule has 6 N–H and O–H groups in total. The molecule has 1 unspecified atom stereocenters. The Hall–Kier alpha value is -5.06. The second-order valence-electron chi connectivity index (χ2n) is 16.6. The summed E-state index contributed by atoms with van der Waals surface area (Å²) in [5.74, 6) is -0.835. The van der Waals surface area contributed by atoms with Gasteiger partial charge in [-0.1, -0.05) is 51.1 Å². The number of carbonyl (C=O) groups is 3. The van der Waals surface area contributed by atoms with Gasteiger partial charge in [-0.3, -0.25) is 25.5 Å². The number of amides is 3. The molecule has 1 saturated heterocycles. The first-order valence-corrected chi connectivity index (χ1v) is 20.0.